The third-order valence-electron chi connectivity index (χ3n) is 4.56. The highest BCUT2D eigenvalue weighted by atomic mass is 16.7. The van der Waals surface area contributed by atoms with E-state index in [0.29, 0.717) is 19.3 Å². The van der Waals surface area contributed by atoms with Crippen LogP contribution in [0.15, 0.2) is 54.6 Å². The summed E-state index contributed by atoms with van der Waals surface area (Å²) in [5.74, 6) is -0.670. The van der Waals surface area contributed by atoms with E-state index in [2.05, 4.69) is 73.3 Å². The van der Waals surface area contributed by atoms with Crippen molar-refractivity contribution in [3.8, 4) is 0 Å². The van der Waals surface area contributed by atoms with Crippen LogP contribution in [0.1, 0.15) is 32.8 Å². The molecule has 3 nitrogen and oxygen atoms in total. The molecule has 1 aliphatic rings. The molecular formula is C20H25NO2. The maximum Gasteiger partial charge on any atom is 0.194 e. The molecule has 2 aromatic rings. The molecule has 1 unspecified atom stereocenters. The second-order valence-electron chi connectivity index (χ2n) is 6.12. The molecule has 0 saturated carbocycles. The molecule has 1 saturated heterocycles. The molecule has 3 heteroatoms. The molecule has 0 spiro atoms. The summed E-state index contributed by atoms with van der Waals surface area (Å²) in [6.07, 6.45) is 1.06. The Morgan fingerprint density at radius 2 is 1.61 bits per heavy atom. The molecule has 0 bridgehead atoms. The van der Waals surface area contributed by atoms with Crippen LogP contribution in [0.5, 0.6) is 0 Å². The Morgan fingerprint density at radius 3 is 2.26 bits per heavy atom. The number of ether oxygens (including phenoxy) is 2. The predicted molar refractivity (Wildman–Crippen MR) is 94.0 cm³/mol. The summed E-state index contributed by atoms with van der Waals surface area (Å²) in [7, 11) is 0. The maximum absolute atomic E-state index is 5.92. The molecule has 23 heavy (non-hydrogen) atoms. The van der Waals surface area contributed by atoms with E-state index in [-0.39, 0.29) is 0 Å². The SMILES string of the molecule is CCC(C)N(c1ccccc1)c1ccccc1C1(C)OCCO1. The van der Waals surface area contributed by atoms with Crippen LogP contribution in [-0.4, -0.2) is 19.3 Å². The maximum atomic E-state index is 5.92. The van der Waals surface area contributed by atoms with Crippen LogP contribution in [0.3, 0.4) is 0 Å². The second-order valence-corrected chi connectivity index (χ2v) is 6.12. The summed E-state index contributed by atoms with van der Waals surface area (Å²) in [6.45, 7) is 7.76. The third kappa shape index (κ3) is 3.12. The highest BCUT2D eigenvalue weighted by Crippen LogP contribution is 2.40. The van der Waals surface area contributed by atoms with Crippen LogP contribution in [0.2, 0.25) is 0 Å². The van der Waals surface area contributed by atoms with E-state index in [1.165, 1.54) is 5.69 Å². The molecule has 3 rings (SSSR count). The van der Waals surface area contributed by atoms with E-state index < -0.39 is 5.79 Å². The fourth-order valence-corrected chi connectivity index (χ4v) is 3.14. The zero-order valence-corrected chi connectivity index (χ0v) is 14.2. The molecular weight excluding hydrogens is 286 g/mol. The summed E-state index contributed by atoms with van der Waals surface area (Å²) in [4.78, 5) is 2.38. The highest BCUT2D eigenvalue weighted by molar-refractivity contribution is 5.68. The van der Waals surface area contributed by atoms with E-state index in [0.717, 1.165) is 17.7 Å². The smallest absolute Gasteiger partial charge is 0.194 e. The lowest BCUT2D eigenvalue weighted by Gasteiger charge is -2.35. The zero-order valence-electron chi connectivity index (χ0n) is 14.2. The molecule has 2 aromatic carbocycles. The van der Waals surface area contributed by atoms with Crippen LogP contribution >= 0.6 is 0 Å². The fraction of sp³-hybridized carbons (Fsp3) is 0.400. The summed E-state index contributed by atoms with van der Waals surface area (Å²) in [6, 6.07) is 19.3. The van der Waals surface area contributed by atoms with Gasteiger partial charge in [-0.1, -0.05) is 43.3 Å². The Kier molecular flexibility index (Phi) is 4.69. The normalized spacial score (nSPS) is 17.9. The summed E-state index contributed by atoms with van der Waals surface area (Å²) < 4.78 is 11.8. The summed E-state index contributed by atoms with van der Waals surface area (Å²) in [5.41, 5.74) is 3.43. The van der Waals surface area contributed by atoms with E-state index in [1.54, 1.807) is 0 Å². The topological polar surface area (TPSA) is 21.7 Å². The molecule has 0 amide bonds. The van der Waals surface area contributed by atoms with Crippen molar-refractivity contribution >= 4 is 11.4 Å². The number of benzene rings is 2. The number of anilines is 2. The first-order valence-electron chi connectivity index (χ1n) is 8.37. The van der Waals surface area contributed by atoms with E-state index in [4.69, 9.17) is 9.47 Å². The van der Waals surface area contributed by atoms with E-state index in [1.807, 2.05) is 6.92 Å². The van der Waals surface area contributed by atoms with Crippen molar-refractivity contribution in [2.45, 2.75) is 39.0 Å². The van der Waals surface area contributed by atoms with Gasteiger partial charge in [-0.15, -0.1) is 0 Å². The van der Waals surface area contributed by atoms with Crippen LogP contribution in [-0.2, 0) is 15.3 Å². The lowest BCUT2D eigenvalue weighted by molar-refractivity contribution is -0.149. The van der Waals surface area contributed by atoms with E-state index >= 15 is 0 Å². The quantitative estimate of drug-likeness (QED) is 0.788. The Morgan fingerprint density at radius 1 is 1.00 bits per heavy atom. The van der Waals surface area contributed by atoms with Crippen LogP contribution in [0.4, 0.5) is 11.4 Å². The minimum Gasteiger partial charge on any atom is -0.344 e. The van der Waals surface area contributed by atoms with Gasteiger partial charge in [0, 0.05) is 23.0 Å². The molecule has 1 aliphatic heterocycles. The lowest BCUT2D eigenvalue weighted by atomic mass is 10.0. The average molecular weight is 311 g/mol. The van der Waals surface area contributed by atoms with Gasteiger partial charge >= 0.3 is 0 Å². The van der Waals surface area contributed by atoms with Crippen LogP contribution < -0.4 is 4.90 Å². The lowest BCUT2D eigenvalue weighted by Crippen LogP contribution is -2.32. The monoisotopic (exact) mass is 311 g/mol. The molecule has 0 N–H and O–H groups in total. The summed E-state index contributed by atoms with van der Waals surface area (Å²) in [5, 5.41) is 0. The molecule has 0 radical (unpaired) electrons. The standard InChI is InChI=1S/C20H25NO2/c1-4-16(2)21(17-10-6-5-7-11-17)19-13-9-8-12-18(19)20(3)22-14-15-23-20/h5-13,16H,4,14-15H2,1-3H3. The van der Waals surface area contributed by atoms with Gasteiger partial charge in [0.2, 0.25) is 0 Å². The van der Waals surface area contributed by atoms with Gasteiger partial charge in [0.25, 0.3) is 0 Å². The Labute approximate surface area is 138 Å². The second kappa shape index (κ2) is 6.73. The summed E-state index contributed by atoms with van der Waals surface area (Å²) >= 11 is 0. The van der Waals surface area contributed by atoms with Crippen LogP contribution in [0, 0.1) is 0 Å². The third-order valence-corrected chi connectivity index (χ3v) is 4.56. The minimum atomic E-state index is -0.670. The first-order chi connectivity index (χ1) is 11.2. The Bertz CT molecular complexity index is 635. The average Bonchev–Trinajstić information content (AvgIpc) is 3.04. The van der Waals surface area contributed by atoms with Gasteiger partial charge in [-0.2, -0.15) is 0 Å². The molecule has 1 heterocycles. The first-order valence-corrected chi connectivity index (χ1v) is 8.37. The Hall–Kier alpha value is -1.84. The molecule has 0 aliphatic carbocycles. The van der Waals surface area contributed by atoms with Crippen molar-refractivity contribution < 1.29 is 9.47 Å². The number of hydrogen-bond donors (Lipinski definition) is 0. The largest absolute Gasteiger partial charge is 0.344 e. The molecule has 122 valence electrons. The van der Waals surface area contributed by atoms with Gasteiger partial charge in [0.1, 0.15) is 0 Å². The first kappa shape index (κ1) is 16.0. The van der Waals surface area contributed by atoms with E-state index in [9.17, 15) is 0 Å². The van der Waals surface area contributed by atoms with Gasteiger partial charge in [-0.05, 0) is 38.5 Å². The number of nitrogens with zero attached hydrogens (tertiary/aromatic N) is 1. The van der Waals surface area contributed by atoms with Crippen molar-refractivity contribution in [2.24, 2.45) is 0 Å². The highest BCUT2D eigenvalue weighted by Gasteiger charge is 2.36. The molecule has 0 aromatic heterocycles. The van der Waals surface area contributed by atoms with Gasteiger partial charge in [0.15, 0.2) is 5.79 Å². The van der Waals surface area contributed by atoms with Crippen molar-refractivity contribution in [2.75, 3.05) is 18.1 Å². The molecule has 1 fully saturated rings. The minimum absolute atomic E-state index is 0.378. The fourth-order valence-electron chi connectivity index (χ4n) is 3.14. The van der Waals surface area contributed by atoms with Gasteiger partial charge in [0.05, 0.1) is 13.2 Å². The number of rotatable bonds is 5. The van der Waals surface area contributed by atoms with Gasteiger partial charge < -0.3 is 14.4 Å². The van der Waals surface area contributed by atoms with Crippen molar-refractivity contribution in [1.29, 1.82) is 0 Å². The van der Waals surface area contributed by atoms with Crippen LogP contribution in [0.25, 0.3) is 0 Å². The zero-order chi connectivity index (χ0) is 16.3. The number of hydrogen-bond acceptors (Lipinski definition) is 3. The molecule has 1 atom stereocenters. The predicted octanol–water partition coefficient (Wildman–Crippen LogP) is 4.84. The van der Waals surface area contributed by atoms with Gasteiger partial charge in [-0.25, -0.2) is 0 Å². The van der Waals surface area contributed by atoms with Crippen molar-refractivity contribution in [1.82, 2.24) is 0 Å². The van der Waals surface area contributed by atoms with Gasteiger partial charge in [-0.3, -0.25) is 0 Å². The van der Waals surface area contributed by atoms with Crippen molar-refractivity contribution in [3.05, 3.63) is 60.2 Å². The Balaban J connectivity index is 2.10. The van der Waals surface area contributed by atoms with Crippen molar-refractivity contribution in [3.63, 3.8) is 0 Å². The number of para-hydroxylation sites is 2.